The second-order valence-electron chi connectivity index (χ2n) is 5.44. The molecule has 0 bridgehead atoms. The number of halogens is 1. The van der Waals surface area contributed by atoms with E-state index >= 15 is 0 Å². The summed E-state index contributed by atoms with van der Waals surface area (Å²) in [6.07, 6.45) is 10.1. The second-order valence-corrected chi connectivity index (χ2v) is 6.35. The van der Waals surface area contributed by atoms with Crippen LogP contribution in [-0.4, -0.2) is 11.7 Å². The predicted molar refractivity (Wildman–Crippen MR) is 86.4 cm³/mol. The fraction of sp³-hybridized carbons (Fsp3) is 0.647. The minimum Gasteiger partial charge on any atom is -0.396 e. The molecule has 0 fully saturated rings. The summed E-state index contributed by atoms with van der Waals surface area (Å²) in [5.41, 5.74) is 1.32. The van der Waals surface area contributed by atoms with Crippen LogP contribution in [0.25, 0.3) is 0 Å². The van der Waals surface area contributed by atoms with Gasteiger partial charge in [0.25, 0.3) is 0 Å². The third-order valence-corrected chi connectivity index (χ3v) is 4.13. The van der Waals surface area contributed by atoms with E-state index in [4.69, 9.17) is 0 Å². The fourth-order valence-corrected chi connectivity index (χ4v) is 2.92. The van der Waals surface area contributed by atoms with Crippen LogP contribution < -0.4 is 0 Å². The molecule has 2 heteroatoms. The molecular weight excluding hydrogens is 300 g/mol. The molecular formula is C17H27BrO. The molecule has 1 N–H and O–H groups in total. The zero-order valence-corrected chi connectivity index (χ0v) is 13.7. The van der Waals surface area contributed by atoms with Crippen LogP contribution >= 0.6 is 15.9 Å². The van der Waals surface area contributed by atoms with Crippen molar-refractivity contribution < 1.29 is 5.11 Å². The molecule has 0 radical (unpaired) electrons. The maximum atomic E-state index is 9.49. The van der Waals surface area contributed by atoms with E-state index in [2.05, 4.69) is 41.1 Å². The summed E-state index contributed by atoms with van der Waals surface area (Å²) in [4.78, 5) is 0. The van der Waals surface area contributed by atoms with Crippen LogP contribution in [0.15, 0.2) is 28.7 Å². The standard InChI is InChI=1S/C17H27BrO/c1-2-3-4-5-6-7-9-16(14-19)12-15-10-8-11-17(18)13-15/h8,10-11,13,16,19H,2-7,9,12,14H2,1H3. The zero-order chi connectivity index (χ0) is 13.9. The molecule has 0 spiro atoms. The molecule has 0 aliphatic rings. The molecule has 0 amide bonds. The van der Waals surface area contributed by atoms with Crippen LogP contribution in [0.3, 0.4) is 0 Å². The smallest absolute Gasteiger partial charge is 0.0462 e. The molecule has 1 aromatic rings. The van der Waals surface area contributed by atoms with Crippen molar-refractivity contribution in [1.82, 2.24) is 0 Å². The number of rotatable bonds is 10. The monoisotopic (exact) mass is 326 g/mol. The first kappa shape index (κ1) is 16.7. The molecule has 0 saturated heterocycles. The van der Waals surface area contributed by atoms with E-state index in [0.717, 1.165) is 17.3 Å². The third kappa shape index (κ3) is 7.74. The molecule has 1 rings (SSSR count). The first-order chi connectivity index (χ1) is 9.26. The number of aliphatic hydroxyl groups excluding tert-OH is 1. The van der Waals surface area contributed by atoms with Gasteiger partial charge < -0.3 is 5.11 Å². The van der Waals surface area contributed by atoms with E-state index in [9.17, 15) is 5.11 Å². The van der Waals surface area contributed by atoms with Gasteiger partial charge in [0.2, 0.25) is 0 Å². The zero-order valence-electron chi connectivity index (χ0n) is 12.1. The number of unbranched alkanes of at least 4 members (excludes halogenated alkanes) is 5. The highest BCUT2D eigenvalue weighted by molar-refractivity contribution is 9.10. The molecule has 1 aromatic carbocycles. The SMILES string of the molecule is CCCCCCCCC(CO)Cc1cccc(Br)c1. The summed E-state index contributed by atoms with van der Waals surface area (Å²) < 4.78 is 1.13. The Morgan fingerprint density at radius 2 is 1.84 bits per heavy atom. The molecule has 0 heterocycles. The lowest BCUT2D eigenvalue weighted by atomic mass is 9.94. The van der Waals surface area contributed by atoms with Gasteiger partial charge in [0.15, 0.2) is 0 Å². The fourth-order valence-electron chi connectivity index (χ4n) is 2.47. The minimum atomic E-state index is 0.307. The van der Waals surface area contributed by atoms with Gasteiger partial charge in [-0.25, -0.2) is 0 Å². The van der Waals surface area contributed by atoms with Gasteiger partial charge in [-0.1, -0.05) is 73.5 Å². The largest absolute Gasteiger partial charge is 0.396 e. The third-order valence-electron chi connectivity index (χ3n) is 3.64. The van der Waals surface area contributed by atoms with Gasteiger partial charge in [-0.2, -0.15) is 0 Å². The average molecular weight is 327 g/mol. The maximum Gasteiger partial charge on any atom is 0.0462 e. The molecule has 1 unspecified atom stereocenters. The van der Waals surface area contributed by atoms with Gasteiger partial charge in [0.05, 0.1) is 0 Å². The highest BCUT2D eigenvalue weighted by atomic mass is 79.9. The second kappa shape index (κ2) is 10.4. The van der Waals surface area contributed by atoms with Crippen molar-refractivity contribution in [3.8, 4) is 0 Å². The molecule has 0 aromatic heterocycles. The van der Waals surface area contributed by atoms with Crippen LogP contribution in [0.4, 0.5) is 0 Å². The van der Waals surface area contributed by atoms with Gasteiger partial charge in [0.1, 0.15) is 0 Å². The highest BCUT2D eigenvalue weighted by Gasteiger charge is 2.08. The Labute approximate surface area is 126 Å². The molecule has 0 saturated carbocycles. The highest BCUT2D eigenvalue weighted by Crippen LogP contribution is 2.19. The molecule has 19 heavy (non-hydrogen) atoms. The first-order valence-electron chi connectivity index (χ1n) is 7.61. The topological polar surface area (TPSA) is 20.2 Å². The summed E-state index contributed by atoms with van der Waals surface area (Å²) >= 11 is 3.50. The van der Waals surface area contributed by atoms with Gasteiger partial charge in [0, 0.05) is 11.1 Å². The average Bonchev–Trinajstić information content (AvgIpc) is 2.41. The molecule has 108 valence electrons. The Morgan fingerprint density at radius 1 is 1.11 bits per heavy atom. The summed E-state index contributed by atoms with van der Waals surface area (Å²) in [6, 6.07) is 8.42. The van der Waals surface area contributed by atoms with Crippen molar-refractivity contribution >= 4 is 15.9 Å². The molecule has 0 aliphatic carbocycles. The Bertz CT molecular complexity index is 338. The Balaban J connectivity index is 2.22. The minimum absolute atomic E-state index is 0.307. The van der Waals surface area contributed by atoms with E-state index in [-0.39, 0.29) is 0 Å². The van der Waals surface area contributed by atoms with Crippen LogP contribution in [0.5, 0.6) is 0 Å². The summed E-state index contributed by atoms with van der Waals surface area (Å²) in [5, 5.41) is 9.49. The first-order valence-corrected chi connectivity index (χ1v) is 8.40. The molecule has 1 atom stereocenters. The van der Waals surface area contributed by atoms with Crippen molar-refractivity contribution in [3.05, 3.63) is 34.3 Å². The summed E-state index contributed by atoms with van der Waals surface area (Å²) in [6.45, 7) is 2.56. The number of hydrogen-bond donors (Lipinski definition) is 1. The van der Waals surface area contributed by atoms with Gasteiger partial charge in [-0.15, -0.1) is 0 Å². The van der Waals surface area contributed by atoms with E-state index in [1.165, 1.54) is 44.1 Å². The quantitative estimate of drug-likeness (QED) is 0.574. The van der Waals surface area contributed by atoms with Crippen molar-refractivity contribution in [1.29, 1.82) is 0 Å². The lowest BCUT2D eigenvalue weighted by Gasteiger charge is -2.14. The van der Waals surface area contributed by atoms with Crippen molar-refractivity contribution in [2.24, 2.45) is 5.92 Å². The Hall–Kier alpha value is -0.340. The van der Waals surface area contributed by atoms with Crippen LogP contribution in [0.1, 0.15) is 57.4 Å². The van der Waals surface area contributed by atoms with Crippen LogP contribution in [0, 0.1) is 5.92 Å². The number of benzene rings is 1. The van der Waals surface area contributed by atoms with Gasteiger partial charge in [-0.3, -0.25) is 0 Å². The van der Waals surface area contributed by atoms with E-state index in [1.807, 2.05) is 6.07 Å². The van der Waals surface area contributed by atoms with Crippen LogP contribution in [-0.2, 0) is 6.42 Å². The number of aliphatic hydroxyl groups is 1. The van der Waals surface area contributed by atoms with E-state index in [1.54, 1.807) is 0 Å². The lowest BCUT2D eigenvalue weighted by molar-refractivity contribution is 0.214. The van der Waals surface area contributed by atoms with Crippen molar-refractivity contribution in [2.75, 3.05) is 6.61 Å². The van der Waals surface area contributed by atoms with E-state index in [0.29, 0.717) is 12.5 Å². The molecule has 0 aliphatic heterocycles. The normalized spacial score (nSPS) is 12.6. The predicted octanol–water partition coefficient (Wildman–Crippen LogP) is 5.35. The number of hydrogen-bond acceptors (Lipinski definition) is 1. The van der Waals surface area contributed by atoms with E-state index < -0.39 is 0 Å². The van der Waals surface area contributed by atoms with Gasteiger partial charge >= 0.3 is 0 Å². The Kier molecular flexibility index (Phi) is 9.19. The van der Waals surface area contributed by atoms with Gasteiger partial charge in [-0.05, 0) is 36.5 Å². The Morgan fingerprint density at radius 3 is 2.53 bits per heavy atom. The van der Waals surface area contributed by atoms with Crippen molar-refractivity contribution in [3.63, 3.8) is 0 Å². The van der Waals surface area contributed by atoms with Crippen molar-refractivity contribution in [2.45, 2.75) is 58.3 Å². The maximum absolute atomic E-state index is 9.49. The summed E-state index contributed by atoms with van der Waals surface area (Å²) in [5.74, 6) is 0.417. The lowest BCUT2D eigenvalue weighted by Crippen LogP contribution is -2.09. The molecule has 1 nitrogen and oxygen atoms in total. The van der Waals surface area contributed by atoms with Crippen LogP contribution in [0.2, 0.25) is 0 Å². The summed E-state index contributed by atoms with van der Waals surface area (Å²) in [7, 11) is 0.